The molecule has 0 saturated carbocycles. The summed E-state index contributed by atoms with van der Waals surface area (Å²) < 4.78 is 0. The number of hydrogen-bond acceptors (Lipinski definition) is 3. The third-order valence-electron chi connectivity index (χ3n) is 5.56. The van der Waals surface area contributed by atoms with Crippen LogP contribution in [0.15, 0.2) is 91.0 Å². The molecular weight excluding hydrogens is 416 g/mol. The van der Waals surface area contributed by atoms with Crippen LogP contribution in [0.3, 0.4) is 0 Å². The second-order valence-corrected chi connectivity index (χ2v) is 7.80. The van der Waals surface area contributed by atoms with E-state index < -0.39 is 11.4 Å². The van der Waals surface area contributed by atoms with Crippen molar-refractivity contribution in [2.45, 2.75) is 24.7 Å². The molecule has 0 aliphatic rings. The maximum absolute atomic E-state index is 13.1. The average Bonchev–Trinajstić information content (AvgIpc) is 2.85. The first-order valence-corrected chi connectivity index (χ1v) is 10.9. The van der Waals surface area contributed by atoms with Crippen molar-refractivity contribution >= 4 is 17.8 Å². The number of rotatable bonds is 11. The third-order valence-corrected chi connectivity index (χ3v) is 5.56. The summed E-state index contributed by atoms with van der Waals surface area (Å²) in [4.78, 5) is 35.8. The Morgan fingerprint density at radius 3 is 1.55 bits per heavy atom. The molecule has 0 fully saturated rings. The minimum Gasteiger partial charge on any atom is -0.481 e. The van der Waals surface area contributed by atoms with Gasteiger partial charge in [0, 0.05) is 19.4 Å². The molecule has 0 aromatic heterocycles. The van der Waals surface area contributed by atoms with Gasteiger partial charge in [0.15, 0.2) is 0 Å². The van der Waals surface area contributed by atoms with Crippen LogP contribution < -0.4 is 10.6 Å². The predicted octanol–water partition coefficient (Wildman–Crippen LogP) is 3.51. The molecule has 3 N–H and O–H groups in total. The van der Waals surface area contributed by atoms with E-state index in [1.165, 1.54) is 0 Å². The minimum absolute atomic E-state index is 0.0135. The molecule has 0 spiro atoms. The summed E-state index contributed by atoms with van der Waals surface area (Å²) in [6.07, 6.45) is 0.450. The topological polar surface area (TPSA) is 95.5 Å². The summed E-state index contributed by atoms with van der Waals surface area (Å²) in [6, 6.07) is 29.7. The van der Waals surface area contributed by atoms with Gasteiger partial charge in [0.1, 0.15) is 0 Å². The molecule has 170 valence electrons. The van der Waals surface area contributed by atoms with Gasteiger partial charge in [-0.2, -0.15) is 0 Å². The molecule has 0 unspecified atom stereocenters. The number of hydrogen-bond donors (Lipinski definition) is 3. The molecule has 6 heteroatoms. The normalized spacial score (nSPS) is 10.9. The van der Waals surface area contributed by atoms with Gasteiger partial charge in [-0.15, -0.1) is 0 Å². The number of nitrogens with one attached hydrogen (secondary N) is 2. The Morgan fingerprint density at radius 1 is 0.667 bits per heavy atom. The third kappa shape index (κ3) is 6.29. The van der Waals surface area contributed by atoms with Crippen LogP contribution in [0.5, 0.6) is 0 Å². The van der Waals surface area contributed by atoms with E-state index in [4.69, 9.17) is 5.11 Å². The summed E-state index contributed by atoms with van der Waals surface area (Å²) in [7, 11) is 0. The number of amides is 2. The molecule has 0 heterocycles. The Morgan fingerprint density at radius 2 is 1.12 bits per heavy atom. The number of benzene rings is 3. The second-order valence-electron chi connectivity index (χ2n) is 7.80. The maximum atomic E-state index is 13.1. The zero-order valence-corrected chi connectivity index (χ0v) is 18.4. The monoisotopic (exact) mass is 444 g/mol. The summed E-state index contributed by atoms with van der Waals surface area (Å²) in [5, 5.41) is 14.0. The number of carbonyl (C=O) groups is 3. The van der Waals surface area contributed by atoms with Crippen LogP contribution in [0.25, 0.3) is 0 Å². The van der Waals surface area contributed by atoms with Gasteiger partial charge in [-0.25, -0.2) is 0 Å². The van der Waals surface area contributed by atoms with Gasteiger partial charge in [-0.3, -0.25) is 14.4 Å². The maximum Gasteiger partial charge on any atom is 0.303 e. The molecule has 3 rings (SSSR count). The van der Waals surface area contributed by atoms with Gasteiger partial charge in [0.05, 0.1) is 12.0 Å². The molecule has 0 radical (unpaired) electrons. The smallest absolute Gasteiger partial charge is 0.303 e. The van der Waals surface area contributed by atoms with Crippen LogP contribution in [0, 0.1) is 0 Å². The predicted molar refractivity (Wildman–Crippen MR) is 127 cm³/mol. The molecule has 0 bridgehead atoms. The molecule has 0 atom stereocenters. The van der Waals surface area contributed by atoms with Crippen molar-refractivity contribution in [3.8, 4) is 0 Å². The van der Waals surface area contributed by atoms with Crippen LogP contribution in [0.4, 0.5) is 0 Å². The molecule has 0 saturated heterocycles. The largest absolute Gasteiger partial charge is 0.481 e. The van der Waals surface area contributed by atoms with Crippen molar-refractivity contribution in [1.29, 1.82) is 0 Å². The van der Waals surface area contributed by atoms with Crippen molar-refractivity contribution in [1.82, 2.24) is 10.6 Å². The van der Waals surface area contributed by atoms with E-state index >= 15 is 0 Å². The van der Waals surface area contributed by atoms with E-state index in [0.29, 0.717) is 6.42 Å². The van der Waals surface area contributed by atoms with Gasteiger partial charge in [-0.1, -0.05) is 91.0 Å². The van der Waals surface area contributed by atoms with Gasteiger partial charge >= 0.3 is 5.97 Å². The van der Waals surface area contributed by atoms with Crippen LogP contribution in [0.1, 0.15) is 36.0 Å². The summed E-state index contributed by atoms with van der Waals surface area (Å²) in [6.45, 7) is 0.0866. The van der Waals surface area contributed by atoms with Crippen molar-refractivity contribution in [2.24, 2.45) is 0 Å². The SMILES string of the molecule is O=C(O)CCCNC(=O)CNC(=O)CC(c1ccccc1)(c1ccccc1)c1ccccc1. The molecule has 33 heavy (non-hydrogen) atoms. The Balaban J connectivity index is 1.83. The highest BCUT2D eigenvalue weighted by Gasteiger charge is 2.38. The quantitative estimate of drug-likeness (QED) is 0.312. The fourth-order valence-corrected chi connectivity index (χ4v) is 3.99. The van der Waals surface area contributed by atoms with Crippen LogP contribution >= 0.6 is 0 Å². The molecule has 3 aromatic carbocycles. The van der Waals surface area contributed by atoms with Crippen molar-refractivity contribution in [3.05, 3.63) is 108 Å². The Labute approximate surface area is 193 Å². The minimum atomic E-state index is -0.906. The fraction of sp³-hybridized carbons (Fsp3) is 0.222. The van der Waals surface area contributed by atoms with Crippen LogP contribution in [-0.2, 0) is 19.8 Å². The zero-order chi connectivity index (χ0) is 23.5. The van der Waals surface area contributed by atoms with Crippen LogP contribution in [-0.4, -0.2) is 36.0 Å². The van der Waals surface area contributed by atoms with E-state index in [-0.39, 0.29) is 37.7 Å². The summed E-state index contributed by atoms with van der Waals surface area (Å²) in [5.74, 6) is -1.51. The van der Waals surface area contributed by atoms with E-state index in [1.54, 1.807) is 0 Å². The standard InChI is InChI=1S/C27H28N2O4/c30-24(29-20-25(31)28-18-10-17-26(32)33)19-27(21-11-4-1-5-12-21,22-13-6-2-7-14-22)23-15-8-3-9-16-23/h1-9,11-16H,10,17-20H2,(H,28,31)(H,29,30)(H,32,33). The first kappa shape index (κ1) is 23.7. The number of carboxylic acid groups (broad SMARTS) is 1. The van der Waals surface area contributed by atoms with E-state index in [2.05, 4.69) is 10.6 Å². The van der Waals surface area contributed by atoms with Crippen molar-refractivity contribution in [2.75, 3.05) is 13.1 Å². The van der Waals surface area contributed by atoms with Gasteiger partial charge in [-0.05, 0) is 23.1 Å². The van der Waals surface area contributed by atoms with E-state index in [1.807, 2.05) is 91.0 Å². The van der Waals surface area contributed by atoms with Gasteiger partial charge < -0.3 is 15.7 Å². The molecule has 3 aromatic rings. The Bertz CT molecular complexity index is 957. The van der Waals surface area contributed by atoms with Gasteiger partial charge in [0.2, 0.25) is 11.8 Å². The summed E-state index contributed by atoms with van der Waals surface area (Å²) in [5.41, 5.74) is 2.22. The fourth-order valence-electron chi connectivity index (χ4n) is 3.99. The Kier molecular flexibility index (Phi) is 8.36. The first-order chi connectivity index (χ1) is 16.0. The highest BCUT2D eigenvalue weighted by Crippen LogP contribution is 2.42. The lowest BCUT2D eigenvalue weighted by molar-refractivity contribution is -0.137. The lowest BCUT2D eigenvalue weighted by atomic mass is 9.67. The van der Waals surface area contributed by atoms with Crippen molar-refractivity contribution in [3.63, 3.8) is 0 Å². The second kappa shape index (κ2) is 11.6. The van der Waals surface area contributed by atoms with Gasteiger partial charge in [0.25, 0.3) is 0 Å². The number of carboxylic acids is 1. The first-order valence-electron chi connectivity index (χ1n) is 10.9. The number of carbonyl (C=O) groups excluding carboxylic acids is 2. The van der Waals surface area contributed by atoms with Crippen molar-refractivity contribution < 1.29 is 19.5 Å². The lowest BCUT2D eigenvalue weighted by Crippen LogP contribution is -2.41. The molecule has 0 aliphatic heterocycles. The van der Waals surface area contributed by atoms with E-state index in [0.717, 1.165) is 16.7 Å². The number of aliphatic carboxylic acids is 1. The lowest BCUT2D eigenvalue weighted by Gasteiger charge is -2.35. The molecular formula is C27H28N2O4. The molecule has 2 amide bonds. The highest BCUT2D eigenvalue weighted by atomic mass is 16.4. The Hall–Kier alpha value is -3.93. The van der Waals surface area contributed by atoms with Crippen LogP contribution in [0.2, 0.25) is 0 Å². The molecule has 0 aliphatic carbocycles. The zero-order valence-electron chi connectivity index (χ0n) is 18.4. The van der Waals surface area contributed by atoms with E-state index in [9.17, 15) is 14.4 Å². The summed E-state index contributed by atoms with van der Waals surface area (Å²) >= 11 is 0. The average molecular weight is 445 g/mol. The highest BCUT2D eigenvalue weighted by molar-refractivity contribution is 5.86. The molecule has 6 nitrogen and oxygen atoms in total.